The normalized spacial score (nSPS) is 16.3. The van der Waals surface area contributed by atoms with Crippen LogP contribution in [0.4, 0.5) is 11.4 Å². The fraction of sp³-hybridized carbons (Fsp3) is 0.467. The maximum absolute atomic E-state index is 13.2. The zero-order chi connectivity index (χ0) is 28.0. The summed E-state index contributed by atoms with van der Waals surface area (Å²) in [6.45, 7) is 11.6. The fourth-order valence-electron chi connectivity index (χ4n) is 4.96. The lowest BCUT2D eigenvalue weighted by molar-refractivity contribution is -0.132. The Kier molecular flexibility index (Phi) is 8.87. The van der Waals surface area contributed by atoms with Gasteiger partial charge in [0.25, 0.3) is 11.8 Å². The first-order valence-corrected chi connectivity index (χ1v) is 13.6. The average molecular weight is 531 g/mol. The van der Waals surface area contributed by atoms with E-state index in [9.17, 15) is 14.4 Å². The summed E-state index contributed by atoms with van der Waals surface area (Å²) in [7, 11) is 0. The lowest BCUT2D eigenvalue weighted by Gasteiger charge is -2.29. The molecule has 0 radical (unpaired) electrons. The molecule has 2 saturated heterocycles. The molecule has 0 bridgehead atoms. The van der Waals surface area contributed by atoms with E-state index in [1.54, 1.807) is 30.3 Å². The van der Waals surface area contributed by atoms with Gasteiger partial charge < -0.3 is 25.3 Å². The molecule has 0 atom stereocenters. The molecule has 2 aliphatic rings. The van der Waals surface area contributed by atoms with Crippen LogP contribution in [0, 0.1) is 16.7 Å². The van der Waals surface area contributed by atoms with Crippen molar-refractivity contribution in [3.8, 4) is 6.07 Å². The molecule has 0 saturated carbocycles. The van der Waals surface area contributed by atoms with Crippen molar-refractivity contribution in [1.29, 1.82) is 5.26 Å². The molecule has 9 heteroatoms. The maximum Gasteiger partial charge on any atom is 0.255 e. The molecule has 2 N–H and O–H groups in total. The second kappa shape index (κ2) is 12.3. The second-order valence-electron chi connectivity index (χ2n) is 11.4. The topological polar surface area (TPSA) is 109 Å². The molecule has 206 valence electrons. The van der Waals surface area contributed by atoms with Crippen LogP contribution in [-0.4, -0.2) is 79.9 Å². The van der Waals surface area contributed by atoms with Gasteiger partial charge in [-0.05, 0) is 54.3 Å². The molecule has 0 aliphatic carbocycles. The van der Waals surface area contributed by atoms with Gasteiger partial charge in [0.2, 0.25) is 5.91 Å². The van der Waals surface area contributed by atoms with Gasteiger partial charge >= 0.3 is 0 Å². The minimum atomic E-state index is -0.315. The quantitative estimate of drug-likeness (QED) is 0.614. The predicted octanol–water partition coefficient (Wildman–Crippen LogP) is 3.33. The van der Waals surface area contributed by atoms with Crippen molar-refractivity contribution >= 4 is 29.1 Å². The number of piperazine rings is 1. The third kappa shape index (κ3) is 7.36. The monoisotopic (exact) mass is 530 g/mol. The third-order valence-corrected chi connectivity index (χ3v) is 7.04. The molecule has 4 rings (SSSR count). The molecule has 2 heterocycles. The molecule has 2 aromatic carbocycles. The molecule has 0 unspecified atom stereocenters. The number of nitrogens with zero attached hydrogens (tertiary/aromatic N) is 4. The van der Waals surface area contributed by atoms with Crippen molar-refractivity contribution in [1.82, 2.24) is 15.1 Å². The summed E-state index contributed by atoms with van der Waals surface area (Å²) in [5.74, 6) is -0.216. The van der Waals surface area contributed by atoms with Gasteiger partial charge in [-0.25, -0.2) is 0 Å². The number of hydrogen-bond donors (Lipinski definition) is 2. The van der Waals surface area contributed by atoms with Gasteiger partial charge in [-0.2, -0.15) is 5.26 Å². The van der Waals surface area contributed by atoms with E-state index in [1.165, 1.54) is 0 Å². The molecule has 2 fully saturated rings. The highest BCUT2D eigenvalue weighted by molar-refractivity contribution is 6.07. The minimum Gasteiger partial charge on any atom is -0.368 e. The second-order valence-corrected chi connectivity index (χ2v) is 11.4. The largest absolute Gasteiger partial charge is 0.368 e. The summed E-state index contributed by atoms with van der Waals surface area (Å²) in [6, 6.07) is 14.0. The van der Waals surface area contributed by atoms with E-state index in [-0.39, 0.29) is 23.1 Å². The van der Waals surface area contributed by atoms with E-state index in [4.69, 9.17) is 5.26 Å². The standard InChI is InChI=1S/C30H38N6O3/c1-30(2,3)20-27(37)35-14-4-13-34(17-18-35)26-10-9-24(29(39)36-15-11-32-12-16-36)19-25(26)33-28(38)23-7-5-22(21-31)6-8-23/h5-10,19,32H,4,11-18,20H2,1-3H3,(H,33,38). The van der Waals surface area contributed by atoms with E-state index in [1.807, 2.05) is 21.9 Å². The van der Waals surface area contributed by atoms with Crippen LogP contribution >= 0.6 is 0 Å². The SMILES string of the molecule is CC(C)(C)CC(=O)N1CCCN(c2ccc(C(=O)N3CCNCC3)cc2NC(=O)c2ccc(C#N)cc2)CC1. The Morgan fingerprint density at radius 1 is 0.897 bits per heavy atom. The Labute approximate surface area is 230 Å². The summed E-state index contributed by atoms with van der Waals surface area (Å²) >= 11 is 0. The third-order valence-electron chi connectivity index (χ3n) is 7.04. The Morgan fingerprint density at radius 3 is 2.26 bits per heavy atom. The van der Waals surface area contributed by atoms with Crippen LogP contribution in [-0.2, 0) is 4.79 Å². The predicted molar refractivity (Wildman–Crippen MR) is 152 cm³/mol. The number of amides is 3. The number of carbonyl (C=O) groups excluding carboxylic acids is 3. The Balaban J connectivity index is 1.58. The van der Waals surface area contributed by atoms with E-state index < -0.39 is 0 Å². The Bertz CT molecular complexity index is 1240. The van der Waals surface area contributed by atoms with Crippen molar-refractivity contribution in [2.75, 3.05) is 62.6 Å². The average Bonchev–Trinajstić information content (AvgIpc) is 3.19. The number of hydrogen-bond acceptors (Lipinski definition) is 6. The molecule has 2 aromatic rings. The Morgan fingerprint density at radius 2 is 1.59 bits per heavy atom. The van der Waals surface area contributed by atoms with E-state index >= 15 is 0 Å². The number of benzene rings is 2. The van der Waals surface area contributed by atoms with Crippen molar-refractivity contribution in [3.05, 3.63) is 59.2 Å². The fourth-order valence-corrected chi connectivity index (χ4v) is 4.96. The number of rotatable bonds is 5. The van der Waals surface area contributed by atoms with Crippen molar-refractivity contribution in [2.45, 2.75) is 33.6 Å². The van der Waals surface area contributed by atoms with Crippen molar-refractivity contribution in [3.63, 3.8) is 0 Å². The molecular weight excluding hydrogens is 492 g/mol. The smallest absolute Gasteiger partial charge is 0.255 e. The number of carbonyl (C=O) groups is 3. The summed E-state index contributed by atoms with van der Waals surface area (Å²) in [6.07, 6.45) is 1.31. The van der Waals surface area contributed by atoms with E-state index in [0.717, 1.165) is 31.7 Å². The van der Waals surface area contributed by atoms with Crippen molar-refractivity contribution in [2.24, 2.45) is 5.41 Å². The maximum atomic E-state index is 13.2. The van der Waals surface area contributed by atoms with Gasteiger partial charge in [0.15, 0.2) is 0 Å². The summed E-state index contributed by atoms with van der Waals surface area (Å²) in [5.41, 5.74) is 2.73. The Hall–Kier alpha value is -3.90. The molecule has 0 spiro atoms. The van der Waals surface area contributed by atoms with Crippen LogP contribution in [0.1, 0.15) is 59.9 Å². The highest BCUT2D eigenvalue weighted by Gasteiger charge is 2.26. The van der Waals surface area contributed by atoms with Crippen LogP contribution in [0.5, 0.6) is 0 Å². The van der Waals surface area contributed by atoms with Gasteiger partial charge in [-0.1, -0.05) is 20.8 Å². The lowest BCUT2D eigenvalue weighted by atomic mass is 9.91. The van der Waals surface area contributed by atoms with Gasteiger partial charge in [0, 0.05) is 69.9 Å². The zero-order valence-electron chi connectivity index (χ0n) is 23.1. The molecule has 0 aromatic heterocycles. The van der Waals surface area contributed by atoms with Crippen LogP contribution < -0.4 is 15.5 Å². The summed E-state index contributed by atoms with van der Waals surface area (Å²) in [5, 5.41) is 15.4. The number of nitriles is 1. The van der Waals surface area contributed by atoms with Gasteiger partial charge in [-0.3, -0.25) is 14.4 Å². The molecular formula is C30H38N6O3. The molecule has 9 nitrogen and oxygen atoms in total. The van der Waals surface area contributed by atoms with Crippen LogP contribution in [0.2, 0.25) is 0 Å². The summed E-state index contributed by atoms with van der Waals surface area (Å²) < 4.78 is 0. The van der Waals surface area contributed by atoms with Crippen molar-refractivity contribution < 1.29 is 14.4 Å². The molecule has 3 amide bonds. The van der Waals surface area contributed by atoms with Gasteiger partial charge in [-0.15, -0.1) is 0 Å². The minimum absolute atomic E-state index is 0.0632. The first-order chi connectivity index (χ1) is 18.6. The highest BCUT2D eigenvalue weighted by Crippen LogP contribution is 2.30. The van der Waals surface area contributed by atoms with E-state index in [2.05, 4.69) is 42.4 Å². The highest BCUT2D eigenvalue weighted by atomic mass is 16.2. The zero-order valence-corrected chi connectivity index (χ0v) is 23.1. The molecule has 39 heavy (non-hydrogen) atoms. The van der Waals surface area contributed by atoms with E-state index in [0.29, 0.717) is 61.5 Å². The summed E-state index contributed by atoms with van der Waals surface area (Å²) in [4.78, 5) is 45.3. The first-order valence-electron chi connectivity index (χ1n) is 13.6. The van der Waals surface area contributed by atoms with Gasteiger partial charge in [0.1, 0.15) is 0 Å². The van der Waals surface area contributed by atoms with Crippen LogP contribution in [0.15, 0.2) is 42.5 Å². The molecule has 2 aliphatic heterocycles. The van der Waals surface area contributed by atoms with Crippen LogP contribution in [0.3, 0.4) is 0 Å². The van der Waals surface area contributed by atoms with Gasteiger partial charge in [0.05, 0.1) is 23.0 Å². The first kappa shape index (κ1) is 28.1. The number of anilines is 2. The lowest BCUT2D eigenvalue weighted by Crippen LogP contribution is -2.46. The van der Waals surface area contributed by atoms with Crippen LogP contribution in [0.25, 0.3) is 0 Å². The number of nitrogens with one attached hydrogen (secondary N) is 2.